The molecule has 206 valence electrons. The predicted molar refractivity (Wildman–Crippen MR) is 164 cm³/mol. The molecule has 0 aromatic heterocycles. The Bertz CT molecular complexity index is 1600. The highest BCUT2D eigenvalue weighted by atomic mass is 79.9. The summed E-state index contributed by atoms with van der Waals surface area (Å²) in [5.74, 6) is 0.222. The van der Waals surface area contributed by atoms with Crippen LogP contribution in [0.15, 0.2) is 79.2 Å². The summed E-state index contributed by atoms with van der Waals surface area (Å²) < 4.78 is 23.9. The van der Waals surface area contributed by atoms with Crippen LogP contribution in [0.4, 0.5) is 0 Å². The van der Waals surface area contributed by atoms with Crippen LogP contribution in [-0.4, -0.2) is 39.4 Å². The van der Waals surface area contributed by atoms with Crippen LogP contribution in [0, 0.1) is 0 Å². The molecule has 0 heterocycles. The fourth-order valence-electron chi connectivity index (χ4n) is 4.00. The van der Waals surface area contributed by atoms with Crippen molar-refractivity contribution in [1.29, 1.82) is 0 Å². The first-order valence-electron chi connectivity index (χ1n) is 11.7. The van der Waals surface area contributed by atoms with E-state index in [2.05, 4.69) is 58.3 Å². The van der Waals surface area contributed by atoms with Gasteiger partial charge in [0.2, 0.25) is 11.7 Å². The van der Waals surface area contributed by atoms with Crippen molar-refractivity contribution in [3.05, 3.63) is 90.8 Å². The third-order valence-electron chi connectivity index (χ3n) is 5.84. The predicted octanol–water partition coefficient (Wildman–Crippen LogP) is 7.07. The number of rotatable bonds is 9. The molecule has 8 nitrogen and oxygen atoms in total. The third kappa shape index (κ3) is 6.65. The number of amides is 1. The van der Waals surface area contributed by atoms with Gasteiger partial charge in [0.1, 0.15) is 0 Å². The number of carbonyl (C=O) groups excluding carboxylic acids is 2. The molecule has 40 heavy (non-hydrogen) atoms. The lowest BCUT2D eigenvalue weighted by atomic mass is 10.0. The van der Waals surface area contributed by atoms with Gasteiger partial charge in [-0.05, 0) is 62.6 Å². The molecule has 0 spiro atoms. The van der Waals surface area contributed by atoms with Gasteiger partial charge < -0.3 is 18.9 Å². The fourth-order valence-corrected chi connectivity index (χ4v) is 5.82. The lowest BCUT2D eigenvalue weighted by Crippen LogP contribution is -2.20. The zero-order valence-corrected chi connectivity index (χ0v) is 26.3. The van der Waals surface area contributed by atoms with Crippen molar-refractivity contribution in [3.63, 3.8) is 0 Å². The molecule has 0 saturated heterocycles. The summed E-state index contributed by atoms with van der Waals surface area (Å²) in [6.07, 6.45) is 1.54. The van der Waals surface area contributed by atoms with Crippen LogP contribution >= 0.6 is 47.8 Å². The largest absolute Gasteiger partial charge is 0.493 e. The maximum absolute atomic E-state index is 13.1. The Morgan fingerprint density at radius 1 is 0.825 bits per heavy atom. The molecule has 0 bridgehead atoms. The Balaban J connectivity index is 1.54. The number of esters is 1. The van der Waals surface area contributed by atoms with Gasteiger partial charge >= 0.3 is 5.97 Å². The third-order valence-corrected chi connectivity index (χ3v) is 7.58. The molecule has 0 fully saturated rings. The maximum atomic E-state index is 13.1. The minimum Gasteiger partial charge on any atom is -0.493 e. The van der Waals surface area contributed by atoms with Gasteiger partial charge in [0.25, 0.3) is 0 Å². The number of hydrazone groups is 1. The van der Waals surface area contributed by atoms with E-state index in [9.17, 15) is 9.59 Å². The lowest BCUT2D eigenvalue weighted by molar-refractivity contribution is -0.120. The molecule has 1 N–H and O–H groups in total. The maximum Gasteiger partial charge on any atom is 0.343 e. The fraction of sp³-hybridized carbons (Fsp3) is 0.138. The van der Waals surface area contributed by atoms with E-state index >= 15 is 0 Å². The summed E-state index contributed by atoms with van der Waals surface area (Å²) in [5.41, 5.74) is 4.05. The second-order valence-corrected chi connectivity index (χ2v) is 11.0. The van der Waals surface area contributed by atoms with Crippen LogP contribution < -0.4 is 24.4 Å². The van der Waals surface area contributed by atoms with Crippen molar-refractivity contribution in [2.24, 2.45) is 5.10 Å². The van der Waals surface area contributed by atoms with Gasteiger partial charge in [0, 0.05) is 14.5 Å². The molecular weight excluding hydrogens is 712 g/mol. The van der Waals surface area contributed by atoms with Crippen molar-refractivity contribution in [1.82, 2.24) is 5.43 Å². The molecule has 11 heteroatoms. The molecule has 4 aromatic carbocycles. The number of hydrogen-bond donors (Lipinski definition) is 1. The molecule has 0 aliphatic carbocycles. The first kappa shape index (κ1) is 29.6. The second-order valence-electron chi connectivity index (χ2n) is 8.33. The minimum atomic E-state index is -0.664. The normalized spacial score (nSPS) is 10.9. The number of halogens is 3. The number of nitrogens with one attached hydrogen (secondary N) is 1. The molecule has 4 rings (SSSR count). The monoisotopic (exact) mass is 732 g/mol. The first-order chi connectivity index (χ1) is 19.2. The summed E-state index contributed by atoms with van der Waals surface area (Å²) in [6.45, 7) is 0. The van der Waals surface area contributed by atoms with Gasteiger partial charge in [-0.1, -0.05) is 62.2 Å². The Morgan fingerprint density at radius 3 is 2.15 bits per heavy atom. The van der Waals surface area contributed by atoms with Crippen molar-refractivity contribution < 1.29 is 28.5 Å². The lowest BCUT2D eigenvalue weighted by Gasteiger charge is -2.15. The van der Waals surface area contributed by atoms with E-state index in [0.717, 1.165) is 20.8 Å². The van der Waals surface area contributed by atoms with E-state index in [1.807, 2.05) is 36.4 Å². The standard InChI is InChI=1S/C29H23Br3N2O6/c1-37-24-11-17(12-25(38-2)28(24)39-3)29(36)40-27-18(10-19(30)14-23(27)32)15-33-34-26(35)13-16-8-9-22(31)21-7-5-4-6-20(16)21/h4-12,14-15H,13H2,1-3H3,(H,34,35)/b33-15-. The van der Waals surface area contributed by atoms with Crippen molar-refractivity contribution in [2.45, 2.75) is 6.42 Å². The van der Waals surface area contributed by atoms with Crippen LogP contribution in [0.3, 0.4) is 0 Å². The van der Waals surface area contributed by atoms with E-state index in [1.54, 1.807) is 12.1 Å². The topological polar surface area (TPSA) is 95.5 Å². The summed E-state index contributed by atoms with van der Waals surface area (Å²) in [5, 5.41) is 6.11. The highest BCUT2D eigenvalue weighted by Crippen LogP contribution is 2.39. The van der Waals surface area contributed by atoms with Crippen LogP contribution in [0.25, 0.3) is 10.8 Å². The van der Waals surface area contributed by atoms with Crippen LogP contribution in [0.5, 0.6) is 23.0 Å². The number of carbonyl (C=O) groups is 2. The van der Waals surface area contributed by atoms with Crippen molar-refractivity contribution in [2.75, 3.05) is 21.3 Å². The Morgan fingerprint density at radius 2 is 1.50 bits per heavy atom. The molecule has 4 aromatic rings. The van der Waals surface area contributed by atoms with Crippen LogP contribution in [0.2, 0.25) is 0 Å². The zero-order chi connectivity index (χ0) is 28.8. The SMILES string of the molecule is COc1cc(C(=O)Oc2c(Br)cc(Br)cc2/C=N\NC(=O)Cc2ccc(Br)c3ccccc23)cc(OC)c1OC. The number of benzene rings is 4. The summed E-state index contributed by atoms with van der Waals surface area (Å²) >= 11 is 10.4. The number of ether oxygens (including phenoxy) is 4. The van der Waals surface area contributed by atoms with Crippen molar-refractivity contribution in [3.8, 4) is 23.0 Å². The molecule has 0 unspecified atom stereocenters. The van der Waals surface area contributed by atoms with Gasteiger partial charge in [0.05, 0.1) is 44.0 Å². The number of fused-ring (bicyclic) bond motifs is 1. The van der Waals surface area contributed by atoms with Gasteiger partial charge in [-0.2, -0.15) is 5.10 Å². The highest BCUT2D eigenvalue weighted by Gasteiger charge is 2.21. The molecule has 1 amide bonds. The van der Waals surface area contributed by atoms with Gasteiger partial charge in [-0.25, -0.2) is 10.2 Å². The molecule has 0 aliphatic rings. The van der Waals surface area contributed by atoms with Crippen LogP contribution in [0.1, 0.15) is 21.5 Å². The smallest absolute Gasteiger partial charge is 0.343 e. The van der Waals surface area contributed by atoms with E-state index in [4.69, 9.17) is 18.9 Å². The van der Waals surface area contributed by atoms with E-state index < -0.39 is 5.97 Å². The number of nitrogens with zero attached hydrogens (tertiary/aromatic N) is 1. The van der Waals surface area contributed by atoms with Gasteiger partial charge in [-0.15, -0.1) is 0 Å². The Kier molecular flexibility index (Phi) is 9.83. The number of methoxy groups -OCH3 is 3. The summed E-state index contributed by atoms with van der Waals surface area (Å²) in [7, 11) is 4.39. The average molecular weight is 735 g/mol. The molecule has 0 saturated carbocycles. The minimum absolute atomic E-state index is 0.135. The summed E-state index contributed by atoms with van der Waals surface area (Å²) in [6, 6.07) is 18.1. The molecule has 0 aliphatic heterocycles. The van der Waals surface area contributed by atoms with Crippen molar-refractivity contribution >= 4 is 76.7 Å². The first-order valence-corrected chi connectivity index (χ1v) is 14.1. The quantitative estimate of drug-likeness (QED) is 0.0857. The Hall–Kier alpha value is -3.41. The summed E-state index contributed by atoms with van der Waals surface area (Å²) in [4.78, 5) is 25.8. The molecular formula is C29H23Br3N2O6. The number of hydrogen-bond acceptors (Lipinski definition) is 7. The second kappa shape index (κ2) is 13.3. The van der Waals surface area contributed by atoms with Gasteiger partial charge in [0.15, 0.2) is 17.2 Å². The van der Waals surface area contributed by atoms with Crippen LogP contribution in [-0.2, 0) is 11.2 Å². The zero-order valence-electron chi connectivity index (χ0n) is 21.6. The molecule has 0 atom stereocenters. The van der Waals surface area contributed by atoms with Gasteiger partial charge in [-0.3, -0.25) is 4.79 Å². The van der Waals surface area contributed by atoms with E-state index in [-0.39, 0.29) is 23.6 Å². The molecule has 0 radical (unpaired) electrons. The Labute approximate surface area is 256 Å². The average Bonchev–Trinajstić information content (AvgIpc) is 2.95. The van der Waals surface area contributed by atoms with E-state index in [1.165, 1.54) is 39.7 Å². The highest BCUT2D eigenvalue weighted by molar-refractivity contribution is 9.11. The van der Waals surface area contributed by atoms with E-state index in [0.29, 0.717) is 31.8 Å².